The van der Waals surface area contributed by atoms with Crippen molar-refractivity contribution in [3.05, 3.63) is 28.8 Å². The maximum atomic E-state index is 12.4. The third-order valence-electron chi connectivity index (χ3n) is 3.74. The molecule has 1 amide bonds. The summed E-state index contributed by atoms with van der Waals surface area (Å²) in [7, 11) is 1.48. The zero-order chi connectivity index (χ0) is 15.4. The molecule has 0 heterocycles. The van der Waals surface area contributed by atoms with E-state index < -0.39 is 0 Å². The van der Waals surface area contributed by atoms with Crippen LogP contribution < -0.4 is 15.8 Å². The highest BCUT2D eigenvalue weighted by molar-refractivity contribution is 6.30. The van der Waals surface area contributed by atoms with E-state index in [9.17, 15) is 4.79 Å². The first-order valence-electron chi connectivity index (χ1n) is 6.68. The van der Waals surface area contributed by atoms with Crippen molar-refractivity contribution in [2.24, 2.45) is 16.8 Å². The van der Waals surface area contributed by atoms with Gasteiger partial charge in [0.1, 0.15) is 11.6 Å². The maximum Gasteiger partial charge on any atom is 0.255 e. The van der Waals surface area contributed by atoms with E-state index >= 15 is 0 Å². The molecule has 0 aromatic heterocycles. The van der Waals surface area contributed by atoms with Gasteiger partial charge in [-0.2, -0.15) is 0 Å². The average Bonchev–Trinajstić information content (AvgIpc) is 2.94. The second-order valence-corrected chi connectivity index (χ2v) is 5.42. The van der Waals surface area contributed by atoms with E-state index in [1.807, 2.05) is 0 Å². The zero-order valence-electron chi connectivity index (χ0n) is 11.7. The smallest absolute Gasteiger partial charge is 0.255 e. The Morgan fingerprint density at radius 2 is 2.29 bits per heavy atom. The lowest BCUT2D eigenvalue weighted by Crippen LogP contribution is -2.42. The molecule has 1 aliphatic carbocycles. The number of nitrogens with zero attached hydrogens (tertiary/aromatic N) is 1. The molecule has 7 heteroatoms. The van der Waals surface area contributed by atoms with Crippen molar-refractivity contribution in [1.29, 1.82) is 0 Å². The molecule has 21 heavy (non-hydrogen) atoms. The zero-order valence-corrected chi connectivity index (χ0v) is 12.4. The topological polar surface area (TPSA) is 96.9 Å². The standard InChI is InChI=1S/C14H18ClN3O3/c1-21-12-7-8(15)5-6-10(12)14(19)17-11-4-2-3-9(11)13(16)18-20/h5-7,9,11,20H,2-4H2,1H3,(H2,16,18)(H,17,19). The van der Waals surface area contributed by atoms with E-state index in [1.54, 1.807) is 18.2 Å². The van der Waals surface area contributed by atoms with Crippen LogP contribution in [0.5, 0.6) is 5.75 Å². The molecule has 1 fully saturated rings. The quantitative estimate of drug-likeness (QED) is 0.343. The number of hydrogen-bond acceptors (Lipinski definition) is 4. The Hall–Kier alpha value is -1.95. The summed E-state index contributed by atoms with van der Waals surface area (Å²) in [5.74, 6) is 0.169. The number of halogens is 1. The number of benzene rings is 1. The number of carbonyl (C=O) groups is 1. The van der Waals surface area contributed by atoms with Crippen LogP contribution in [-0.2, 0) is 0 Å². The van der Waals surface area contributed by atoms with Crippen LogP contribution in [0.2, 0.25) is 5.02 Å². The number of hydrogen-bond donors (Lipinski definition) is 3. The number of methoxy groups -OCH3 is 1. The van der Waals surface area contributed by atoms with Gasteiger partial charge in [0.2, 0.25) is 0 Å². The van der Waals surface area contributed by atoms with Crippen molar-refractivity contribution < 1.29 is 14.7 Å². The summed E-state index contributed by atoms with van der Waals surface area (Å²) in [5, 5.41) is 15.3. The third-order valence-corrected chi connectivity index (χ3v) is 3.97. The Morgan fingerprint density at radius 1 is 1.52 bits per heavy atom. The summed E-state index contributed by atoms with van der Waals surface area (Å²) in [6.07, 6.45) is 2.50. The minimum atomic E-state index is -0.258. The Balaban J connectivity index is 2.14. The molecule has 0 saturated heterocycles. The summed E-state index contributed by atoms with van der Waals surface area (Å²) in [5.41, 5.74) is 6.07. The fraction of sp³-hybridized carbons (Fsp3) is 0.429. The third kappa shape index (κ3) is 3.39. The van der Waals surface area contributed by atoms with E-state index in [0.29, 0.717) is 16.3 Å². The number of oxime groups is 1. The van der Waals surface area contributed by atoms with E-state index in [0.717, 1.165) is 19.3 Å². The SMILES string of the molecule is COc1cc(Cl)ccc1C(=O)NC1CCCC1C(N)=NO. The number of amidine groups is 1. The lowest BCUT2D eigenvalue weighted by Gasteiger charge is -2.20. The highest BCUT2D eigenvalue weighted by atomic mass is 35.5. The van der Waals surface area contributed by atoms with Crippen molar-refractivity contribution in [2.45, 2.75) is 25.3 Å². The van der Waals surface area contributed by atoms with Crippen LogP contribution in [0.15, 0.2) is 23.4 Å². The molecule has 0 aliphatic heterocycles. The molecule has 1 aromatic carbocycles. The van der Waals surface area contributed by atoms with Gasteiger partial charge in [-0.3, -0.25) is 4.79 Å². The minimum Gasteiger partial charge on any atom is -0.496 e. The molecule has 1 aromatic rings. The molecular weight excluding hydrogens is 294 g/mol. The van der Waals surface area contributed by atoms with Crippen LogP contribution in [0, 0.1) is 5.92 Å². The molecule has 6 nitrogen and oxygen atoms in total. The predicted molar refractivity (Wildman–Crippen MR) is 80.0 cm³/mol. The first-order chi connectivity index (χ1) is 10.1. The molecule has 0 spiro atoms. The van der Waals surface area contributed by atoms with Gasteiger partial charge in [-0.25, -0.2) is 0 Å². The molecule has 4 N–H and O–H groups in total. The van der Waals surface area contributed by atoms with Gasteiger partial charge < -0.3 is 21.0 Å². The second-order valence-electron chi connectivity index (χ2n) is 4.99. The number of carbonyl (C=O) groups excluding carboxylic acids is 1. The van der Waals surface area contributed by atoms with E-state index in [-0.39, 0.29) is 23.7 Å². The number of amides is 1. The van der Waals surface area contributed by atoms with Crippen LogP contribution in [0.1, 0.15) is 29.6 Å². The van der Waals surface area contributed by atoms with E-state index in [2.05, 4.69) is 10.5 Å². The summed E-state index contributed by atoms with van der Waals surface area (Å²) >= 11 is 5.88. The predicted octanol–water partition coefficient (Wildman–Crippen LogP) is 1.99. The van der Waals surface area contributed by atoms with Gasteiger partial charge in [0.05, 0.1) is 12.7 Å². The fourth-order valence-electron chi connectivity index (χ4n) is 2.66. The Kier molecular flexibility index (Phi) is 4.90. The van der Waals surface area contributed by atoms with Crippen LogP contribution in [-0.4, -0.2) is 30.1 Å². The van der Waals surface area contributed by atoms with Crippen LogP contribution in [0.25, 0.3) is 0 Å². The largest absolute Gasteiger partial charge is 0.496 e. The maximum absolute atomic E-state index is 12.4. The molecular formula is C14H18ClN3O3. The van der Waals surface area contributed by atoms with Gasteiger partial charge in [-0.15, -0.1) is 0 Å². The molecule has 2 rings (SSSR count). The van der Waals surface area contributed by atoms with Crippen molar-refractivity contribution in [2.75, 3.05) is 7.11 Å². The van der Waals surface area contributed by atoms with Crippen LogP contribution >= 0.6 is 11.6 Å². The molecule has 2 atom stereocenters. The van der Waals surface area contributed by atoms with Crippen LogP contribution in [0.3, 0.4) is 0 Å². The number of nitrogens with one attached hydrogen (secondary N) is 1. The monoisotopic (exact) mass is 311 g/mol. The highest BCUT2D eigenvalue weighted by Crippen LogP contribution is 2.28. The number of ether oxygens (including phenoxy) is 1. The molecule has 1 saturated carbocycles. The molecule has 2 unspecified atom stereocenters. The number of rotatable bonds is 4. The summed E-state index contributed by atoms with van der Waals surface area (Å²) in [6.45, 7) is 0. The highest BCUT2D eigenvalue weighted by Gasteiger charge is 2.32. The summed E-state index contributed by atoms with van der Waals surface area (Å²) in [4.78, 5) is 12.4. The molecule has 0 radical (unpaired) electrons. The Morgan fingerprint density at radius 3 is 2.95 bits per heavy atom. The van der Waals surface area contributed by atoms with Crippen LogP contribution in [0.4, 0.5) is 0 Å². The van der Waals surface area contributed by atoms with E-state index in [1.165, 1.54) is 7.11 Å². The summed E-state index contributed by atoms with van der Waals surface area (Å²) in [6, 6.07) is 4.69. The van der Waals surface area contributed by atoms with Gasteiger partial charge in [-0.1, -0.05) is 23.2 Å². The minimum absolute atomic E-state index is 0.141. The average molecular weight is 312 g/mol. The Bertz CT molecular complexity index is 562. The summed E-state index contributed by atoms with van der Waals surface area (Å²) < 4.78 is 5.17. The number of nitrogens with two attached hydrogens (primary N) is 1. The van der Waals surface area contributed by atoms with Gasteiger partial charge >= 0.3 is 0 Å². The van der Waals surface area contributed by atoms with Crippen molar-refractivity contribution >= 4 is 23.3 Å². The van der Waals surface area contributed by atoms with E-state index in [4.69, 9.17) is 27.3 Å². The first kappa shape index (κ1) is 15.4. The second kappa shape index (κ2) is 6.67. The normalized spacial score (nSPS) is 22.1. The molecule has 0 bridgehead atoms. The lowest BCUT2D eigenvalue weighted by molar-refractivity contribution is 0.0930. The van der Waals surface area contributed by atoms with Gasteiger partial charge in [-0.05, 0) is 31.0 Å². The first-order valence-corrected chi connectivity index (χ1v) is 7.06. The van der Waals surface area contributed by atoms with Gasteiger partial charge in [0, 0.05) is 17.0 Å². The lowest BCUT2D eigenvalue weighted by atomic mass is 10.0. The van der Waals surface area contributed by atoms with Gasteiger partial charge in [0.15, 0.2) is 0 Å². The molecule has 114 valence electrons. The molecule has 1 aliphatic rings. The van der Waals surface area contributed by atoms with Gasteiger partial charge in [0.25, 0.3) is 5.91 Å². The van der Waals surface area contributed by atoms with Crippen molar-refractivity contribution in [3.8, 4) is 5.75 Å². The fourth-order valence-corrected chi connectivity index (χ4v) is 2.82. The Labute approximate surface area is 127 Å². The van der Waals surface area contributed by atoms with Crippen molar-refractivity contribution in [1.82, 2.24) is 5.32 Å². The van der Waals surface area contributed by atoms with Crippen molar-refractivity contribution in [3.63, 3.8) is 0 Å².